The first-order valence-corrected chi connectivity index (χ1v) is 9.27. The number of carbonyl (C=O) groups is 1. The number of para-hydroxylation sites is 1. The van der Waals surface area contributed by atoms with Crippen LogP contribution in [0.1, 0.15) is 12.5 Å². The van der Waals surface area contributed by atoms with E-state index in [1.165, 1.54) is 19.1 Å². The van der Waals surface area contributed by atoms with Crippen molar-refractivity contribution in [3.05, 3.63) is 59.1 Å². The molecule has 0 aliphatic carbocycles. The lowest BCUT2D eigenvalue weighted by Crippen LogP contribution is -2.38. The number of benzene rings is 2. The molecule has 0 atom stereocenters. The molecule has 0 bridgehead atoms. The summed E-state index contributed by atoms with van der Waals surface area (Å²) in [6.45, 7) is 3.67. The summed E-state index contributed by atoms with van der Waals surface area (Å²) >= 11 is 5.93. The lowest BCUT2D eigenvalue weighted by molar-refractivity contribution is -0.116. The van der Waals surface area contributed by atoms with Gasteiger partial charge in [0.1, 0.15) is 4.90 Å². The Bertz CT molecular complexity index is 837. The summed E-state index contributed by atoms with van der Waals surface area (Å²) in [5, 5.41) is 0.160. The van der Waals surface area contributed by atoms with Crippen molar-refractivity contribution in [3.63, 3.8) is 0 Å². The van der Waals surface area contributed by atoms with Gasteiger partial charge in [-0.2, -0.15) is 0 Å². The normalized spacial score (nSPS) is 11.3. The smallest absolute Gasteiger partial charge is 0.242 e. The van der Waals surface area contributed by atoms with Crippen LogP contribution in [0.15, 0.2) is 53.4 Å². The Morgan fingerprint density at radius 1 is 1.12 bits per heavy atom. The summed E-state index contributed by atoms with van der Waals surface area (Å²) in [5.41, 5.74) is 1.71. The van der Waals surface area contributed by atoms with Crippen molar-refractivity contribution in [1.29, 1.82) is 0 Å². The number of hydrogen-bond donors (Lipinski definition) is 1. The predicted molar refractivity (Wildman–Crippen MR) is 95.8 cm³/mol. The molecule has 0 unspecified atom stereocenters. The Morgan fingerprint density at radius 3 is 2.38 bits per heavy atom. The van der Waals surface area contributed by atoms with Crippen molar-refractivity contribution in [2.24, 2.45) is 0 Å². The number of aryl methyl sites for hydroxylation is 1. The van der Waals surface area contributed by atoms with Gasteiger partial charge in [0, 0.05) is 25.7 Å². The van der Waals surface area contributed by atoms with Crippen molar-refractivity contribution in [2.45, 2.75) is 18.7 Å². The molecule has 0 spiro atoms. The van der Waals surface area contributed by atoms with Crippen LogP contribution in [0.25, 0.3) is 0 Å². The van der Waals surface area contributed by atoms with Gasteiger partial charge in [-0.05, 0) is 30.7 Å². The van der Waals surface area contributed by atoms with Crippen molar-refractivity contribution in [3.8, 4) is 0 Å². The van der Waals surface area contributed by atoms with Crippen molar-refractivity contribution >= 4 is 33.2 Å². The van der Waals surface area contributed by atoms with E-state index in [-0.39, 0.29) is 28.9 Å². The number of nitrogens with zero attached hydrogens (tertiary/aromatic N) is 1. The summed E-state index contributed by atoms with van der Waals surface area (Å²) in [7, 11) is -3.72. The number of sulfonamides is 1. The van der Waals surface area contributed by atoms with Crippen LogP contribution >= 0.6 is 11.6 Å². The molecule has 0 saturated heterocycles. The second-order valence-electron chi connectivity index (χ2n) is 5.29. The molecule has 0 saturated carbocycles. The van der Waals surface area contributed by atoms with Crippen LogP contribution in [-0.2, 0) is 14.8 Å². The number of nitrogens with one attached hydrogen (secondary N) is 1. The van der Waals surface area contributed by atoms with Gasteiger partial charge in [0.25, 0.3) is 0 Å². The average molecular weight is 367 g/mol. The van der Waals surface area contributed by atoms with E-state index in [4.69, 9.17) is 11.6 Å². The highest BCUT2D eigenvalue weighted by Crippen LogP contribution is 2.21. The van der Waals surface area contributed by atoms with Crippen LogP contribution in [0.3, 0.4) is 0 Å². The number of carbonyl (C=O) groups excluding carboxylic acids is 1. The fourth-order valence-corrected chi connectivity index (χ4v) is 3.88. The second-order valence-corrected chi connectivity index (χ2v) is 7.43. The Balaban J connectivity index is 2.10. The third-order valence-electron chi connectivity index (χ3n) is 3.54. The van der Waals surface area contributed by atoms with Gasteiger partial charge in [0.05, 0.1) is 5.02 Å². The quantitative estimate of drug-likeness (QED) is 0.854. The van der Waals surface area contributed by atoms with E-state index >= 15 is 0 Å². The molecule has 2 aromatic carbocycles. The van der Waals surface area contributed by atoms with Crippen molar-refractivity contribution in [2.75, 3.05) is 18.0 Å². The van der Waals surface area contributed by atoms with E-state index in [9.17, 15) is 13.2 Å². The standard InChI is InChI=1S/C17H19ClN2O3S/c1-13-7-3-5-9-16(13)20(14(2)21)12-11-19-24(22,23)17-10-6-4-8-15(17)18/h3-10,19H,11-12H2,1-2H3. The highest BCUT2D eigenvalue weighted by Gasteiger charge is 2.19. The van der Waals surface area contributed by atoms with Gasteiger partial charge in [-0.25, -0.2) is 13.1 Å². The molecular formula is C17H19ClN2O3S. The first-order valence-electron chi connectivity index (χ1n) is 7.41. The maximum Gasteiger partial charge on any atom is 0.242 e. The fraction of sp³-hybridized carbons (Fsp3) is 0.235. The largest absolute Gasteiger partial charge is 0.311 e. The Morgan fingerprint density at radius 2 is 1.75 bits per heavy atom. The maximum atomic E-state index is 12.3. The molecule has 0 radical (unpaired) electrons. The molecular weight excluding hydrogens is 348 g/mol. The number of amides is 1. The minimum absolute atomic E-state index is 0.0249. The summed E-state index contributed by atoms with van der Waals surface area (Å²) < 4.78 is 27.1. The van der Waals surface area contributed by atoms with Gasteiger partial charge in [-0.3, -0.25) is 4.79 Å². The van der Waals surface area contributed by atoms with Crippen LogP contribution < -0.4 is 9.62 Å². The van der Waals surface area contributed by atoms with Crippen LogP contribution in [0.4, 0.5) is 5.69 Å². The molecule has 1 amide bonds. The minimum atomic E-state index is -3.72. The van der Waals surface area contributed by atoms with Gasteiger partial charge in [-0.1, -0.05) is 41.9 Å². The Kier molecular flexibility index (Phi) is 5.99. The third kappa shape index (κ3) is 4.35. The van der Waals surface area contributed by atoms with E-state index in [0.29, 0.717) is 0 Å². The Labute approximate surface area is 147 Å². The summed E-state index contributed by atoms with van der Waals surface area (Å²) in [6, 6.07) is 13.7. The van der Waals surface area contributed by atoms with Gasteiger partial charge >= 0.3 is 0 Å². The second kappa shape index (κ2) is 7.79. The zero-order valence-electron chi connectivity index (χ0n) is 13.5. The average Bonchev–Trinajstić information content (AvgIpc) is 2.52. The van der Waals surface area contributed by atoms with E-state index in [1.807, 2.05) is 31.2 Å². The van der Waals surface area contributed by atoms with Crippen molar-refractivity contribution < 1.29 is 13.2 Å². The van der Waals surface area contributed by atoms with Crippen LogP contribution in [-0.4, -0.2) is 27.4 Å². The maximum absolute atomic E-state index is 12.3. The molecule has 128 valence electrons. The molecule has 0 aliphatic rings. The van der Waals surface area contributed by atoms with Gasteiger partial charge in [0.2, 0.25) is 15.9 Å². The van der Waals surface area contributed by atoms with E-state index in [1.54, 1.807) is 17.0 Å². The molecule has 0 heterocycles. The number of hydrogen-bond acceptors (Lipinski definition) is 3. The van der Waals surface area contributed by atoms with Gasteiger partial charge in [-0.15, -0.1) is 0 Å². The third-order valence-corrected chi connectivity index (χ3v) is 5.50. The molecule has 2 aromatic rings. The van der Waals surface area contributed by atoms with E-state index in [2.05, 4.69) is 4.72 Å². The van der Waals surface area contributed by atoms with Crippen LogP contribution in [0, 0.1) is 6.92 Å². The molecule has 0 aliphatic heterocycles. The molecule has 2 rings (SSSR count). The molecule has 1 N–H and O–H groups in total. The van der Waals surface area contributed by atoms with E-state index in [0.717, 1.165) is 11.3 Å². The lowest BCUT2D eigenvalue weighted by Gasteiger charge is -2.23. The van der Waals surface area contributed by atoms with Gasteiger partial charge in [0.15, 0.2) is 0 Å². The van der Waals surface area contributed by atoms with Crippen LogP contribution in [0.2, 0.25) is 5.02 Å². The molecule has 5 nitrogen and oxygen atoms in total. The van der Waals surface area contributed by atoms with Gasteiger partial charge < -0.3 is 4.90 Å². The van der Waals surface area contributed by atoms with E-state index < -0.39 is 10.0 Å². The summed E-state index contributed by atoms with van der Waals surface area (Å²) in [6.07, 6.45) is 0. The molecule has 7 heteroatoms. The monoisotopic (exact) mass is 366 g/mol. The number of rotatable bonds is 6. The Hall–Kier alpha value is -1.89. The molecule has 0 fully saturated rings. The lowest BCUT2D eigenvalue weighted by atomic mass is 10.2. The topological polar surface area (TPSA) is 66.5 Å². The minimum Gasteiger partial charge on any atom is -0.311 e. The first kappa shape index (κ1) is 18.4. The first-order chi connectivity index (χ1) is 11.3. The fourth-order valence-electron chi connectivity index (χ4n) is 2.35. The highest BCUT2D eigenvalue weighted by atomic mass is 35.5. The number of halogens is 1. The predicted octanol–water partition coefficient (Wildman–Crippen LogP) is 2.98. The number of anilines is 1. The van der Waals surface area contributed by atoms with Crippen molar-refractivity contribution in [1.82, 2.24) is 4.72 Å². The zero-order valence-corrected chi connectivity index (χ0v) is 15.1. The molecule has 0 aromatic heterocycles. The SMILES string of the molecule is CC(=O)N(CCNS(=O)(=O)c1ccccc1Cl)c1ccccc1C. The highest BCUT2D eigenvalue weighted by molar-refractivity contribution is 7.89. The summed E-state index contributed by atoms with van der Waals surface area (Å²) in [4.78, 5) is 13.5. The summed E-state index contributed by atoms with van der Waals surface area (Å²) in [5.74, 6) is -0.152. The van der Waals surface area contributed by atoms with Crippen LogP contribution in [0.5, 0.6) is 0 Å². The zero-order chi connectivity index (χ0) is 17.7. The molecule has 24 heavy (non-hydrogen) atoms.